The number of carbonyl (C=O) groups is 3. The van der Waals surface area contributed by atoms with Crippen LogP contribution in [0.3, 0.4) is 0 Å². The highest BCUT2D eigenvalue weighted by molar-refractivity contribution is 8.00. The summed E-state index contributed by atoms with van der Waals surface area (Å²) in [6.07, 6.45) is 1.53. The average molecular weight is 704 g/mol. The fraction of sp³-hybridized carbons (Fsp3) is 0.125. The summed E-state index contributed by atoms with van der Waals surface area (Å²) in [5.41, 5.74) is 2.70. The number of ether oxygens (including phenoxy) is 4. The van der Waals surface area contributed by atoms with Crippen LogP contribution in [0, 0.1) is 0 Å². The van der Waals surface area contributed by atoms with Gasteiger partial charge in [-0.3, -0.25) is 14.4 Å². The molecular weight excluding hydrogens is 667 g/mol. The zero-order valence-corrected chi connectivity index (χ0v) is 29.3. The molecule has 0 bridgehead atoms. The molecule has 5 rings (SSSR count). The van der Waals surface area contributed by atoms with Gasteiger partial charge in [-0.25, -0.2) is 0 Å². The van der Waals surface area contributed by atoms with Crippen molar-refractivity contribution in [2.24, 2.45) is 0 Å². The molecule has 0 aliphatic heterocycles. The number of carbonyl (C=O) groups excluding carboxylic acids is 3. The highest BCUT2D eigenvalue weighted by Gasteiger charge is 2.24. The molecule has 10 nitrogen and oxygen atoms in total. The van der Waals surface area contributed by atoms with Gasteiger partial charge in [-0.1, -0.05) is 60.7 Å². The van der Waals surface area contributed by atoms with Crippen LogP contribution in [-0.2, 0) is 9.59 Å². The van der Waals surface area contributed by atoms with Crippen LogP contribution in [0.15, 0.2) is 132 Å². The standard InChI is InChI=1S/C40H37N3O7S/c1-47-30-20-23-32(35(25-30)49-3)42-40(46)37(26-12-7-5-8-13-26)51-31-21-18-29(19-22-31)41-39(45)33(43-38(44)27-14-9-6-10-15-27)24-28-16-11-17-34(48-2)36(28)50-4/h5-25,37H,1-4H3,(H,41,45)(H,42,46)(H,43,44)/b33-24-. The number of para-hydroxylation sites is 1. The fourth-order valence-corrected chi connectivity index (χ4v) is 6.10. The quantitative estimate of drug-likeness (QED) is 0.0798. The summed E-state index contributed by atoms with van der Waals surface area (Å²) in [5, 5.41) is 7.99. The van der Waals surface area contributed by atoms with Crippen LogP contribution < -0.4 is 34.9 Å². The third-order valence-corrected chi connectivity index (χ3v) is 8.90. The van der Waals surface area contributed by atoms with Gasteiger partial charge in [-0.05, 0) is 66.2 Å². The molecule has 11 heteroatoms. The SMILES string of the molecule is COc1ccc(NC(=O)C(Sc2ccc(NC(=O)/C(=C/c3cccc(OC)c3OC)NC(=O)c3ccccc3)cc2)c2ccccc2)c(OC)c1. The second-order valence-corrected chi connectivity index (χ2v) is 12.1. The van der Waals surface area contributed by atoms with E-state index in [0.29, 0.717) is 45.5 Å². The third kappa shape index (κ3) is 9.28. The number of hydrogen-bond acceptors (Lipinski definition) is 8. The molecule has 51 heavy (non-hydrogen) atoms. The molecule has 5 aromatic rings. The van der Waals surface area contributed by atoms with Crippen LogP contribution in [-0.4, -0.2) is 46.2 Å². The maximum Gasteiger partial charge on any atom is 0.272 e. The highest BCUT2D eigenvalue weighted by atomic mass is 32.2. The van der Waals surface area contributed by atoms with Gasteiger partial charge in [0, 0.05) is 27.8 Å². The van der Waals surface area contributed by atoms with Crippen molar-refractivity contribution in [1.29, 1.82) is 0 Å². The van der Waals surface area contributed by atoms with E-state index in [2.05, 4.69) is 16.0 Å². The van der Waals surface area contributed by atoms with Crippen LogP contribution in [0.1, 0.15) is 26.7 Å². The van der Waals surface area contributed by atoms with Crippen molar-refractivity contribution in [3.63, 3.8) is 0 Å². The predicted molar refractivity (Wildman–Crippen MR) is 200 cm³/mol. The van der Waals surface area contributed by atoms with Crippen molar-refractivity contribution in [2.45, 2.75) is 10.1 Å². The predicted octanol–water partition coefficient (Wildman–Crippen LogP) is 7.60. The molecule has 0 aliphatic rings. The normalized spacial score (nSPS) is 11.5. The van der Waals surface area contributed by atoms with Gasteiger partial charge in [0.1, 0.15) is 22.4 Å². The second-order valence-electron chi connectivity index (χ2n) is 10.9. The molecular formula is C40H37N3O7S. The van der Waals surface area contributed by atoms with E-state index >= 15 is 0 Å². The molecule has 3 amide bonds. The Kier molecular flexibility index (Phi) is 12.4. The molecule has 0 saturated carbocycles. The first-order chi connectivity index (χ1) is 24.8. The van der Waals surface area contributed by atoms with E-state index in [4.69, 9.17) is 18.9 Å². The molecule has 1 atom stereocenters. The van der Waals surface area contributed by atoms with Crippen LogP contribution in [0.25, 0.3) is 6.08 Å². The first-order valence-corrected chi connectivity index (χ1v) is 16.7. The summed E-state index contributed by atoms with van der Waals surface area (Å²) >= 11 is 1.36. The lowest BCUT2D eigenvalue weighted by Crippen LogP contribution is -2.30. The van der Waals surface area contributed by atoms with Gasteiger partial charge in [-0.15, -0.1) is 11.8 Å². The highest BCUT2D eigenvalue weighted by Crippen LogP contribution is 2.38. The van der Waals surface area contributed by atoms with Crippen LogP contribution in [0.4, 0.5) is 11.4 Å². The van der Waals surface area contributed by atoms with Gasteiger partial charge >= 0.3 is 0 Å². The van der Waals surface area contributed by atoms with Crippen LogP contribution in [0.5, 0.6) is 23.0 Å². The maximum atomic E-state index is 13.7. The minimum absolute atomic E-state index is 0.0105. The Balaban J connectivity index is 1.37. The summed E-state index contributed by atoms with van der Waals surface area (Å²) in [7, 11) is 6.11. The van der Waals surface area contributed by atoms with E-state index in [1.807, 2.05) is 42.5 Å². The lowest BCUT2D eigenvalue weighted by Gasteiger charge is -2.19. The number of rotatable bonds is 14. The summed E-state index contributed by atoms with van der Waals surface area (Å²) in [4.78, 5) is 41.3. The molecule has 0 spiro atoms. The van der Waals surface area contributed by atoms with E-state index in [-0.39, 0.29) is 11.6 Å². The Morgan fingerprint density at radius 3 is 2.00 bits per heavy atom. The van der Waals surface area contributed by atoms with Gasteiger partial charge < -0.3 is 34.9 Å². The molecule has 0 saturated heterocycles. The molecule has 0 aromatic heterocycles. The van der Waals surface area contributed by atoms with E-state index in [1.165, 1.54) is 39.2 Å². The van der Waals surface area contributed by atoms with E-state index in [1.54, 1.807) is 86.0 Å². The van der Waals surface area contributed by atoms with E-state index in [9.17, 15) is 14.4 Å². The molecule has 5 aromatic carbocycles. The second kappa shape index (κ2) is 17.5. The zero-order chi connectivity index (χ0) is 36.2. The van der Waals surface area contributed by atoms with Crippen molar-refractivity contribution in [1.82, 2.24) is 5.32 Å². The van der Waals surface area contributed by atoms with Gasteiger partial charge in [0.05, 0.1) is 34.1 Å². The van der Waals surface area contributed by atoms with Crippen molar-refractivity contribution in [2.75, 3.05) is 39.1 Å². The summed E-state index contributed by atoms with van der Waals surface area (Å²) in [6.45, 7) is 0. The maximum absolute atomic E-state index is 13.7. The molecule has 0 radical (unpaired) electrons. The monoisotopic (exact) mass is 703 g/mol. The number of nitrogens with one attached hydrogen (secondary N) is 3. The van der Waals surface area contributed by atoms with Crippen molar-refractivity contribution >= 4 is 46.9 Å². The minimum atomic E-state index is -0.612. The Morgan fingerprint density at radius 2 is 1.35 bits per heavy atom. The van der Waals surface area contributed by atoms with Gasteiger partial charge in [0.15, 0.2) is 11.5 Å². The van der Waals surface area contributed by atoms with Crippen molar-refractivity contribution < 1.29 is 33.3 Å². The summed E-state index contributed by atoms with van der Waals surface area (Å²) in [6, 6.07) is 35.6. The van der Waals surface area contributed by atoms with E-state index < -0.39 is 17.1 Å². The molecule has 0 heterocycles. The first-order valence-electron chi connectivity index (χ1n) is 15.8. The van der Waals surface area contributed by atoms with Gasteiger partial charge in [0.25, 0.3) is 11.8 Å². The number of methoxy groups -OCH3 is 4. The Morgan fingerprint density at radius 1 is 0.667 bits per heavy atom. The van der Waals surface area contributed by atoms with Crippen LogP contribution in [0.2, 0.25) is 0 Å². The fourth-order valence-electron chi connectivity index (χ4n) is 5.08. The number of hydrogen-bond donors (Lipinski definition) is 3. The lowest BCUT2D eigenvalue weighted by molar-refractivity contribution is -0.116. The summed E-state index contributed by atoms with van der Waals surface area (Å²) < 4.78 is 21.7. The zero-order valence-electron chi connectivity index (χ0n) is 28.5. The molecule has 3 N–H and O–H groups in total. The van der Waals surface area contributed by atoms with E-state index in [0.717, 1.165) is 10.5 Å². The lowest BCUT2D eigenvalue weighted by atomic mass is 10.1. The third-order valence-electron chi connectivity index (χ3n) is 7.64. The summed E-state index contributed by atoms with van der Waals surface area (Å²) in [5.74, 6) is 0.693. The minimum Gasteiger partial charge on any atom is -0.497 e. The number of thioether (sulfide) groups is 1. The Hall–Kier alpha value is -6.20. The molecule has 0 aliphatic carbocycles. The smallest absolute Gasteiger partial charge is 0.272 e. The van der Waals surface area contributed by atoms with Crippen LogP contribution >= 0.6 is 11.8 Å². The Bertz CT molecular complexity index is 2000. The molecule has 0 fully saturated rings. The first kappa shape index (κ1) is 36.1. The topological polar surface area (TPSA) is 124 Å². The van der Waals surface area contributed by atoms with Gasteiger partial charge in [0.2, 0.25) is 5.91 Å². The number of amides is 3. The van der Waals surface area contributed by atoms with Crippen molar-refractivity contribution in [3.8, 4) is 23.0 Å². The average Bonchev–Trinajstić information content (AvgIpc) is 3.17. The van der Waals surface area contributed by atoms with Gasteiger partial charge in [-0.2, -0.15) is 0 Å². The molecule has 260 valence electrons. The number of benzene rings is 5. The number of anilines is 2. The Labute approximate surface area is 300 Å². The molecule has 1 unspecified atom stereocenters. The van der Waals surface area contributed by atoms with Crippen molar-refractivity contribution in [3.05, 3.63) is 144 Å². The largest absolute Gasteiger partial charge is 0.497 e.